The van der Waals surface area contributed by atoms with Gasteiger partial charge in [-0.05, 0) is 30.7 Å². The van der Waals surface area contributed by atoms with Gasteiger partial charge in [-0.2, -0.15) is 8.78 Å². The van der Waals surface area contributed by atoms with Crippen LogP contribution in [0.2, 0.25) is 0 Å². The quantitative estimate of drug-likeness (QED) is 0.291. The van der Waals surface area contributed by atoms with Crippen molar-refractivity contribution in [3.63, 3.8) is 0 Å². The lowest BCUT2D eigenvalue weighted by molar-refractivity contribution is -0.210. The lowest BCUT2D eigenvalue weighted by atomic mass is 10.1. The van der Waals surface area contributed by atoms with E-state index in [2.05, 4.69) is 11.7 Å². The first kappa shape index (κ1) is 24.2. The SMILES string of the molecule is CCCCCCCCCCCCCCOc1ccc(OC(F)(F)C(=O)O)cc1. The van der Waals surface area contributed by atoms with Gasteiger partial charge in [-0.3, -0.25) is 0 Å². The molecule has 0 aromatic heterocycles. The monoisotopic (exact) mass is 400 g/mol. The number of halogens is 2. The molecular weight excluding hydrogens is 366 g/mol. The van der Waals surface area contributed by atoms with Crippen molar-refractivity contribution >= 4 is 5.97 Å². The maximum absolute atomic E-state index is 13.0. The zero-order valence-electron chi connectivity index (χ0n) is 16.9. The molecule has 0 aliphatic heterocycles. The fourth-order valence-corrected chi connectivity index (χ4v) is 2.93. The highest BCUT2D eigenvalue weighted by molar-refractivity contribution is 5.73. The number of aliphatic carboxylic acids is 1. The van der Waals surface area contributed by atoms with Crippen LogP contribution in [0.5, 0.6) is 11.5 Å². The fourth-order valence-electron chi connectivity index (χ4n) is 2.93. The van der Waals surface area contributed by atoms with Gasteiger partial charge in [-0.25, -0.2) is 4.79 Å². The van der Waals surface area contributed by atoms with E-state index in [0.29, 0.717) is 12.4 Å². The van der Waals surface area contributed by atoms with E-state index in [1.165, 1.54) is 88.5 Å². The number of hydrogen-bond donors (Lipinski definition) is 1. The van der Waals surface area contributed by atoms with Crippen molar-refractivity contribution in [1.29, 1.82) is 0 Å². The van der Waals surface area contributed by atoms with Crippen molar-refractivity contribution in [2.45, 2.75) is 90.1 Å². The molecule has 0 heterocycles. The molecule has 1 N–H and O–H groups in total. The number of rotatable bonds is 17. The molecule has 0 saturated carbocycles. The van der Waals surface area contributed by atoms with Gasteiger partial charge in [0.15, 0.2) is 0 Å². The summed E-state index contributed by atoms with van der Waals surface area (Å²) in [7, 11) is 0. The summed E-state index contributed by atoms with van der Waals surface area (Å²) in [6.07, 6.45) is 11.1. The van der Waals surface area contributed by atoms with Gasteiger partial charge in [-0.15, -0.1) is 0 Å². The maximum Gasteiger partial charge on any atom is 0.501 e. The Hall–Kier alpha value is -1.85. The smallest absolute Gasteiger partial charge is 0.494 e. The molecule has 0 aliphatic carbocycles. The van der Waals surface area contributed by atoms with Crippen LogP contribution >= 0.6 is 0 Å². The maximum atomic E-state index is 13.0. The number of alkyl halides is 2. The average Bonchev–Trinajstić information content (AvgIpc) is 2.66. The van der Waals surface area contributed by atoms with Crippen LogP contribution in [0.4, 0.5) is 8.78 Å². The van der Waals surface area contributed by atoms with E-state index in [4.69, 9.17) is 9.84 Å². The second-order valence-corrected chi connectivity index (χ2v) is 7.13. The van der Waals surface area contributed by atoms with E-state index in [-0.39, 0.29) is 5.75 Å². The molecule has 0 saturated heterocycles. The van der Waals surface area contributed by atoms with Gasteiger partial charge in [0.05, 0.1) is 6.61 Å². The predicted molar refractivity (Wildman–Crippen MR) is 106 cm³/mol. The number of hydrogen-bond acceptors (Lipinski definition) is 3. The van der Waals surface area contributed by atoms with E-state index in [1.54, 1.807) is 0 Å². The summed E-state index contributed by atoms with van der Waals surface area (Å²) in [6.45, 7) is 2.81. The molecule has 0 atom stereocenters. The Morgan fingerprint density at radius 2 is 1.25 bits per heavy atom. The van der Waals surface area contributed by atoms with Gasteiger partial charge in [0, 0.05) is 0 Å². The minimum absolute atomic E-state index is 0.217. The first-order valence-corrected chi connectivity index (χ1v) is 10.5. The van der Waals surface area contributed by atoms with E-state index in [0.717, 1.165) is 12.8 Å². The Morgan fingerprint density at radius 1 is 0.821 bits per heavy atom. The second-order valence-electron chi connectivity index (χ2n) is 7.13. The van der Waals surface area contributed by atoms with Gasteiger partial charge in [0.25, 0.3) is 0 Å². The van der Waals surface area contributed by atoms with Crippen molar-refractivity contribution in [1.82, 2.24) is 0 Å². The molecule has 6 heteroatoms. The summed E-state index contributed by atoms with van der Waals surface area (Å²) in [5.74, 6) is -1.99. The van der Waals surface area contributed by atoms with Gasteiger partial charge in [0.2, 0.25) is 0 Å². The molecule has 28 heavy (non-hydrogen) atoms. The molecule has 1 aromatic carbocycles. The summed E-state index contributed by atoms with van der Waals surface area (Å²) in [5.41, 5.74) is 0. The largest absolute Gasteiger partial charge is 0.501 e. The van der Waals surface area contributed by atoms with Crippen LogP contribution in [0, 0.1) is 0 Å². The first-order chi connectivity index (χ1) is 13.5. The number of benzene rings is 1. The third kappa shape index (κ3) is 11.1. The number of ether oxygens (including phenoxy) is 2. The number of carboxylic acid groups (broad SMARTS) is 1. The normalized spacial score (nSPS) is 11.4. The minimum Gasteiger partial charge on any atom is -0.494 e. The van der Waals surface area contributed by atoms with Gasteiger partial charge in [0.1, 0.15) is 11.5 Å². The molecule has 0 aliphatic rings. The van der Waals surface area contributed by atoms with Crippen molar-refractivity contribution in [2.75, 3.05) is 6.61 Å². The minimum atomic E-state index is -4.24. The summed E-state index contributed by atoms with van der Waals surface area (Å²) in [4.78, 5) is 10.3. The molecule has 0 unspecified atom stereocenters. The molecule has 4 nitrogen and oxygen atoms in total. The fraction of sp³-hybridized carbons (Fsp3) is 0.682. The van der Waals surface area contributed by atoms with Gasteiger partial charge < -0.3 is 14.6 Å². The molecule has 0 amide bonds. The molecule has 160 valence electrons. The van der Waals surface area contributed by atoms with Crippen LogP contribution in [0.15, 0.2) is 24.3 Å². The van der Waals surface area contributed by atoms with Crippen LogP contribution in [-0.2, 0) is 4.79 Å². The van der Waals surface area contributed by atoms with E-state index in [1.807, 2.05) is 0 Å². The van der Waals surface area contributed by atoms with Crippen molar-refractivity contribution in [3.8, 4) is 11.5 Å². The second kappa shape index (κ2) is 14.2. The lowest BCUT2D eigenvalue weighted by Gasteiger charge is -2.13. The zero-order valence-corrected chi connectivity index (χ0v) is 16.9. The number of carboxylic acids is 1. The first-order valence-electron chi connectivity index (χ1n) is 10.5. The number of carbonyl (C=O) groups is 1. The Morgan fingerprint density at radius 3 is 1.71 bits per heavy atom. The van der Waals surface area contributed by atoms with Crippen molar-refractivity contribution in [3.05, 3.63) is 24.3 Å². The molecule has 1 rings (SSSR count). The van der Waals surface area contributed by atoms with Crippen molar-refractivity contribution in [2.24, 2.45) is 0 Å². The van der Waals surface area contributed by atoms with Crippen LogP contribution in [-0.4, -0.2) is 23.8 Å². The van der Waals surface area contributed by atoms with E-state index in [9.17, 15) is 13.6 Å². The molecule has 0 bridgehead atoms. The molecule has 0 fully saturated rings. The standard InChI is InChI=1S/C22H34F2O4/c1-2-3-4-5-6-7-8-9-10-11-12-13-18-27-19-14-16-20(17-15-19)28-22(23,24)21(25)26/h14-17H,2-13,18H2,1H3,(H,25,26). The Kier molecular flexibility index (Phi) is 12.3. The summed E-state index contributed by atoms with van der Waals surface area (Å²) in [5, 5.41) is 8.34. The lowest BCUT2D eigenvalue weighted by Crippen LogP contribution is -2.34. The topological polar surface area (TPSA) is 55.8 Å². The zero-order chi connectivity index (χ0) is 20.7. The van der Waals surface area contributed by atoms with E-state index >= 15 is 0 Å². The van der Waals surface area contributed by atoms with Crippen molar-refractivity contribution < 1.29 is 28.2 Å². The Bertz CT molecular complexity index is 532. The highest BCUT2D eigenvalue weighted by Gasteiger charge is 2.42. The third-order valence-corrected chi connectivity index (χ3v) is 4.59. The third-order valence-electron chi connectivity index (χ3n) is 4.59. The Balaban J connectivity index is 2.01. The van der Waals surface area contributed by atoms with E-state index < -0.39 is 12.1 Å². The summed E-state index contributed by atoms with van der Waals surface area (Å²) < 4.78 is 35.6. The van der Waals surface area contributed by atoms with Gasteiger partial charge >= 0.3 is 12.1 Å². The Labute approximate surface area is 167 Å². The molecule has 0 spiro atoms. The number of unbranched alkanes of at least 4 members (excludes halogenated alkanes) is 11. The predicted octanol–water partition coefficient (Wildman–Crippen LogP) is 6.82. The average molecular weight is 401 g/mol. The van der Waals surface area contributed by atoms with Crippen LogP contribution < -0.4 is 9.47 Å². The molecule has 0 radical (unpaired) electrons. The molecule has 1 aromatic rings. The highest BCUT2D eigenvalue weighted by atomic mass is 19.3. The van der Waals surface area contributed by atoms with Crippen LogP contribution in [0.1, 0.15) is 84.0 Å². The summed E-state index contributed by atoms with van der Waals surface area (Å²) in [6, 6.07) is 5.53. The van der Waals surface area contributed by atoms with Crippen LogP contribution in [0.25, 0.3) is 0 Å². The molecular formula is C22H34F2O4. The van der Waals surface area contributed by atoms with Crippen LogP contribution in [0.3, 0.4) is 0 Å². The highest BCUT2D eigenvalue weighted by Crippen LogP contribution is 2.24. The van der Waals surface area contributed by atoms with Gasteiger partial charge in [-0.1, -0.05) is 77.6 Å². The summed E-state index contributed by atoms with van der Waals surface area (Å²) >= 11 is 0.